The topological polar surface area (TPSA) is 57.5 Å². The maximum Gasteiger partial charge on any atom is 0.335 e. The number of carboxylic acid groups (broad SMARTS) is 1. The molecule has 0 aliphatic rings. The van der Waals surface area contributed by atoms with E-state index in [1.807, 2.05) is 0 Å². The lowest BCUT2D eigenvalue weighted by atomic mass is 10.0. The minimum absolute atomic E-state index is 0.0759. The van der Waals surface area contributed by atoms with E-state index in [1.165, 1.54) is 24.3 Å². The van der Waals surface area contributed by atoms with Crippen LogP contribution in [-0.4, -0.2) is 16.2 Å². The lowest BCUT2D eigenvalue weighted by Gasteiger charge is -2.07. The Morgan fingerprint density at radius 3 is 2.61 bits per heavy atom. The Morgan fingerprint density at radius 2 is 1.94 bits per heavy atom. The quantitative estimate of drug-likeness (QED) is 0.855. The summed E-state index contributed by atoms with van der Waals surface area (Å²) >= 11 is 0. The second-order valence-electron chi connectivity index (χ2n) is 3.98. The molecule has 0 amide bonds. The van der Waals surface area contributed by atoms with Gasteiger partial charge in [-0.2, -0.15) is 0 Å². The van der Waals surface area contributed by atoms with Crippen LogP contribution in [0.4, 0.5) is 4.39 Å². The Hall–Kier alpha value is -2.36. The molecule has 0 saturated carbocycles. The minimum atomic E-state index is -1.08. The van der Waals surface area contributed by atoms with Crippen molar-refractivity contribution in [3.05, 3.63) is 53.3 Å². The van der Waals surface area contributed by atoms with E-state index in [4.69, 9.17) is 5.11 Å². The molecule has 0 aliphatic carbocycles. The number of aryl methyl sites for hydroxylation is 1. The van der Waals surface area contributed by atoms with Crippen LogP contribution in [0.1, 0.15) is 15.9 Å². The zero-order valence-electron chi connectivity index (χ0n) is 9.64. The van der Waals surface area contributed by atoms with Gasteiger partial charge in [-0.15, -0.1) is 0 Å². The van der Waals surface area contributed by atoms with Crippen LogP contribution in [0.3, 0.4) is 0 Å². The van der Waals surface area contributed by atoms with Gasteiger partial charge in [0, 0.05) is 5.56 Å². The molecule has 3 nitrogen and oxygen atoms in total. The lowest BCUT2D eigenvalue weighted by molar-refractivity contribution is 0.0697. The highest BCUT2D eigenvalue weighted by Gasteiger charge is 2.13. The summed E-state index contributed by atoms with van der Waals surface area (Å²) in [4.78, 5) is 10.8. The first-order valence-electron chi connectivity index (χ1n) is 5.32. The van der Waals surface area contributed by atoms with Crippen molar-refractivity contribution in [2.24, 2.45) is 0 Å². The first-order valence-corrected chi connectivity index (χ1v) is 5.32. The number of hydrogen-bond acceptors (Lipinski definition) is 2. The van der Waals surface area contributed by atoms with Gasteiger partial charge >= 0.3 is 5.97 Å². The van der Waals surface area contributed by atoms with Gasteiger partial charge in [0.1, 0.15) is 0 Å². The van der Waals surface area contributed by atoms with Gasteiger partial charge in [0.25, 0.3) is 0 Å². The predicted octanol–water partition coefficient (Wildman–Crippen LogP) is 3.20. The van der Waals surface area contributed by atoms with Gasteiger partial charge in [-0.3, -0.25) is 0 Å². The smallest absolute Gasteiger partial charge is 0.335 e. The van der Waals surface area contributed by atoms with Crippen molar-refractivity contribution in [1.82, 2.24) is 0 Å². The number of benzene rings is 2. The zero-order valence-corrected chi connectivity index (χ0v) is 9.64. The molecule has 0 aromatic heterocycles. The summed E-state index contributed by atoms with van der Waals surface area (Å²) in [6.45, 7) is 1.59. The molecule has 0 aliphatic heterocycles. The van der Waals surface area contributed by atoms with Crippen LogP contribution in [0.15, 0.2) is 36.4 Å². The van der Waals surface area contributed by atoms with Gasteiger partial charge in [0.05, 0.1) is 5.56 Å². The summed E-state index contributed by atoms with van der Waals surface area (Å²) in [7, 11) is 0. The van der Waals surface area contributed by atoms with Crippen molar-refractivity contribution in [3.8, 4) is 16.9 Å². The van der Waals surface area contributed by atoms with Crippen LogP contribution in [-0.2, 0) is 0 Å². The highest BCUT2D eigenvalue weighted by Crippen LogP contribution is 2.31. The Balaban J connectivity index is 2.59. The summed E-state index contributed by atoms with van der Waals surface area (Å²) in [6.07, 6.45) is 0. The Bertz CT molecular complexity index is 620. The van der Waals surface area contributed by atoms with Gasteiger partial charge in [0.2, 0.25) is 0 Å². The molecule has 2 aromatic rings. The molecule has 0 heterocycles. The predicted molar refractivity (Wildman–Crippen MR) is 65.2 cm³/mol. The second kappa shape index (κ2) is 4.49. The Kier molecular flexibility index (Phi) is 3.02. The van der Waals surface area contributed by atoms with Crippen molar-refractivity contribution in [2.75, 3.05) is 0 Å². The molecular weight excluding hydrogens is 235 g/mol. The Morgan fingerprint density at radius 1 is 1.22 bits per heavy atom. The number of phenolic OH excluding ortho intramolecular Hbond substituents is 1. The number of phenols is 1. The summed E-state index contributed by atoms with van der Waals surface area (Å²) in [5.74, 6) is -2.22. The molecule has 0 bridgehead atoms. The fourth-order valence-electron chi connectivity index (χ4n) is 1.70. The standard InChI is InChI=1S/C14H11FO3/c1-8-5-6-11(12(15)13(8)16)9-3-2-4-10(7-9)14(17)18/h2-7,16H,1H3,(H,17,18). The third-order valence-corrected chi connectivity index (χ3v) is 2.74. The summed E-state index contributed by atoms with van der Waals surface area (Å²) in [6, 6.07) is 9.04. The van der Waals surface area contributed by atoms with Gasteiger partial charge in [-0.25, -0.2) is 9.18 Å². The second-order valence-corrected chi connectivity index (χ2v) is 3.98. The fourth-order valence-corrected chi connectivity index (χ4v) is 1.70. The number of carbonyl (C=O) groups is 1. The maximum absolute atomic E-state index is 13.9. The number of halogens is 1. The minimum Gasteiger partial charge on any atom is -0.505 e. The van der Waals surface area contributed by atoms with Crippen molar-refractivity contribution in [2.45, 2.75) is 6.92 Å². The highest BCUT2D eigenvalue weighted by atomic mass is 19.1. The zero-order chi connectivity index (χ0) is 13.3. The average molecular weight is 246 g/mol. The molecule has 4 heteroatoms. The number of aromatic carboxylic acids is 1. The number of aromatic hydroxyl groups is 1. The van der Waals surface area contributed by atoms with Crippen molar-refractivity contribution in [1.29, 1.82) is 0 Å². The van der Waals surface area contributed by atoms with E-state index < -0.39 is 17.5 Å². The van der Waals surface area contributed by atoms with E-state index in [9.17, 15) is 14.3 Å². The average Bonchev–Trinajstić information content (AvgIpc) is 2.36. The van der Waals surface area contributed by atoms with Gasteiger partial charge in [-0.05, 0) is 30.2 Å². The molecule has 0 fully saturated rings. The van der Waals surface area contributed by atoms with Crippen molar-refractivity contribution in [3.63, 3.8) is 0 Å². The lowest BCUT2D eigenvalue weighted by Crippen LogP contribution is -1.96. The molecule has 2 aromatic carbocycles. The molecule has 0 radical (unpaired) electrons. The summed E-state index contributed by atoms with van der Waals surface area (Å²) in [5, 5.41) is 18.4. The third kappa shape index (κ3) is 2.05. The van der Waals surface area contributed by atoms with E-state index in [0.29, 0.717) is 11.1 Å². The summed E-state index contributed by atoms with van der Waals surface area (Å²) in [5.41, 5.74) is 1.11. The van der Waals surface area contributed by atoms with Crippen molar-refractivity contribution >= 4 is 5.97 Å². The maximum atomic E-state index is 13.9. The van der Waals surface area contributed by atoms with E-state index in [-0.39, 0.29) is 11.1 Å². The van der Waals surface area contributed by atoms with E-state index in [1.54, 1.807) is 19.1 Å². The third-order valence-electron chi connectivity index (χ3n) is 2.74. The molecule has 0 spiro atoms. The highest BCUT2D eigenvalue weighted by molar-refractivity contribution is 5.89. The SMILES string of the molecule is Cc1ccc(-c2cccc(C(=O)O)c2)c(F)c1O. The van der Waals surface area contributed by atoms with Crippen LogP contribution in [0, 0.1) is 12.7 Å². The van der Waals surface area contributed by atoms with E-state index >= 15 is 0 Å². The largest absolute Gasteiger partial charge is 0.505 e. The van der Waals surface area contributed by atoms with Crippen molar-refractivity contribution < 1.29 is 19.4 Å². The van der Waals surface area contributed by atoms with E-state index in [2.05, 4.69) is 0 Å². The monoisotopic (exact) mass is 246 g/mol. The molecule has 0 unspecified atom stereocenters. The first-order chi connectivity index (χ1) is 8.50. The molecule has 2 N–H and O–H groups in total. The van der Waals surface area contributed by atoms with Gasteiger partial charge < -0.3 is 10.2 Å². The van der Waals surface area contributed by atoms with Crippen LogP contribution < -0.4 is 0 Å². The normalized spacial score (nSPS) is 10.3. The molecule has 92 valence electrons. The molecule has 0 saturated heterocycles. The van der Waals surface area contributed by atoms with Crippen LogP contribution >= 0.6 is 0 Å². The molecule has 18 heavy (non-hydrogen) atoms. The number of hydrogen-bond donors (Lipinski definition) is 2. The van der Waals surface area contributed by atoms with E-state index in [0.717, 1.165) is 0 Å². The van der Waals surface area contributed by atoms with Gasteiger partial charge in [-0.1, -0.05) is 24.3 Å². The summed E-state index contributed by atoms with van der Waals surface area (Å²) < 4.78 is 13.9. The fraction of sp³-hybridized carbons (Fsp3) is 0.0714. The number of carboxylic acids is 1. The molecular formula is C14H11FO3. The van der Waals surface area contributed by atoms with Crippen LogP contribution in [0.2, 0.25) is 0 Å². The molecule has 0 atom stereocenters. The first kappa shape index (κ1) is 12.1. The van der Waals surface area contributed by atoms with Crippen LogP contribution in [0.5, 0.6) is 5.75 Å². The molecule has 2 rings (SSSR count). The Labute approximate surface area is 103 Å². The number of rotatable bonds is 2. The van der Waals surface area contributed by atoms with Crippen LogP contribution in [0.25, 0.3) is 11.1 Å². The van der Waals surface area contributed by atoms with Gasteiger partial charge in [0.15, 0.2) is 11.6 Å².